The van der Waals surface area contributed by atoms with Crippen molar-refractivity contribution in [1.82, 2.24) is 15.4 Å². The topological polar surface area (TPSA) is 91.8 Å². The normalized spacial score (nSPS) is 11.6. The summed E-state index contributed by atoms with van der Waals surface area (Å²) in [6, 6.07) is 15.0. The molecule has 0 amide bonds. The fraction of sp³-hybridized carbons (Fsp3) is 0.381. The Bertz CT molecular complexity index is 920. The van der Waals surface area contributed by atoms with E-state index in [1.165, 1.54) is 18.2 Å². The van der Waals surface area contributed by atoms with Crippen molar-refractivity contribution in [3.05, 3.63) is 65.2 Å². The van der Waals surface area contributed by atoms with E-state index in [0.717, 1.165) is 12.1 Å². The van der Waals surface area contributed by atoms with Crippen LogP contribution in [0.15, 0.2) is 58.4 Å². The van der Waals surface area contributed by atoms with Crippen molar-refractivity contribution < 1.29 is 13.2 Å². The largest absolute Gasteiger partial charge is 0.383 e. The average molecular weight is 546 g/mol. The summed E-state index contributed by atoms with van der Waals surface area (Å²) in [6.07, 6.45) is 0. The number of halogens is 1. The summed E-state index contributed by atoms with van der Waals surface area (Å²) in [7, 11) is -2.03. The van der Waals surface area contributed by atoms with Crippen LogP contribution in [0.25, 0.3) is 0 Å². The van der Waals surface area contributed by atoms with Crippen LogP contribution in [-0.2, 0) is 27.8 Å². The van der Waals surface area contributed by atoms with Crippen LogP contribution in [0.3, 0.4) is 0 Å². The highest BCUT2D eigenvalue weighted by molar-refractivity contribution is 14.0. The molecule has 166 valence electrons. The highest BCUT2D eigenvalue weighted by Crippen LogP contribution is 2.12. The van der Waals surface area contributed by atoms with Gasteiger partial charge in [-0.1, -0.05) is 36.4 Å². The summed E-state index contributed by atoms with van der Waals surface area (Å²) in [4.78, 5) is 4.81. The molecular formula is C21H31IN4O3S. The van der Waals surface area contributed by atoms with Crippen LogP contribution in [0.5, 0.6) is 0 Å². The highest BCUT2D eigenvalue weighted by Gasteiger charge is 2.13. The van der Waals surface area contributed by atoms with E-state index in [0.29, 0.717) is 25.7 Å². The lowest BCUT2D eigenvalue weighted by Gasteiger charge is -2.13. The number of guanidine groups is 1. The molecule has 0 aliphatic rings. The number of rotatable bonds is 10. The van der Waals surface area contributed by atoms with Crippen molar-refractivity contribution in [3.63, 3.8) is 0 Å². The number of methoxy groups -OCH3 is 1. The molecule has 2 aromatic rings. The summed E-state index contributed by atoms with van der Waals surface area (Å²) in [5.41, 5.74) is 3.23. The molecule has 0 bridgehead atoms. The van der Waals surface area contributed by atoms with Crippen LogP contribution in [0.2, 0.25) is 0 Å². The van der Waals surface area contributed by atoms with Crippen molar-refractivity contribution >= 4 is 40.0 Å². The van der Waals surface area contributed by atoms with Crippen LogP contribution in [0.4, 0.5) is 0 Å². The van der Waals surface area contributed by atoms with Gasteiger partial charge in [-0.15, -0.1) is 24.0 Å². The highest BCUT2D eigenvalue weighted by atomic mass is 127. The van der Waals surface area contributed by atoms with E-state index in [1.54, 1.807) is 18.2 Å². The molecule has 0 fully saturated rings. The number of hydrogen-bond donors (Lipinski definition) is 3. The molecule has 2 rings (SSSR count). The first-order valence-electron chi connectivity index (χ1n) is 9.60. The molecule has 9 heteroatoms. The molecule has 0 aliphatic carbocycles. The Labute approximate surface area is 196 Å². The Morgan fingerprint density at radius 2 is 1.87 bits per heavy atom. The molecule has 0 atom stereocenters. The number of nitrogens with zero attached hydrogens (tertiary/aromatic N) is 1. The van der Waals surface area contributed by atoms with E-state index >= 15 is 0 Å². The first-order chi connectivity index (χ1) is 14.0. The lowest BCUT2D eigenvalue weighted by molar-refractivity contribution is 0.204. The van der Waals surface area contributed by atoms with E-state index in [-0.39, 0.29) is 35.4 Å². The van der Waals surface area contributed by atoms with Crippen LogP contribution in [-0.4, -0.2) is 41.2 Å². The summed E-state index contributed by atoms with van der Waals surface area (Å²) in [6.45, 7) is 6.40. The first kappa shape index (κ1) is 26.3. The fourth-order valence-electron chi connectivity index (χ4n) is 2.67. The molecule has 7 nitrogen and oxygen atoms in total. The van der Waals surface area contributed by atoms with Crippen molar-refractivity contribution in [2.45, 2.75) is 31.8 Å². The smallest absolute Gasteiger partial charge is 0.240 e. The zero-order valence-electron chi connectivity index (χ0n) is 17.6. The zero-order valence-corrected chi connectivity index (χ0v) is 20.8. The molecule has 30 heavy (non-hydrogen) atoms. The van der Waals surface area contributed by atoms with Gasteiger partial charge in [0.15, 0.2) is 5.96 Å². The van der Waals surface area contributed by atoms with Gasteiger partial charge < -0.3 is 15.4 Å². The minimum Gasteiger partial charge on any atom is -0.383 e. The lowest BCUT2D eigenvalue weighted by Crippen LogP contribution is -2.36. The fourth-order valence-corrected chi connectivity index (χ4v) is 3.75. The van der Waals surface area contributed by atoms with Gasteiger partial charge in [0, 0.05) is 26.7 Å². The second kappa shape index (κ2) is 13.6. The number of hydrogen-bond acceptors (Lipinski definition) is 4. The van der Waals surface area contributed by atoms with Crippen molar-refractivity contribution in [2.75, 3.05) is 26.8 Å². The quantitative estimate of drug-likeness (QED) is 0.185. The van der Waals surface area contributed by atoms with Gasteiger partial charge in [0.1, 0.15) is 0 Å². The maximum atomic E-state index is 12.4. The Morgan fingerprint density at radius 1 is 1.10 bits per heavy atom. The second-order valence-electron chi connectivity index (χ2n) is 6.51. The molecule has 0 spiro atoms. The average Bonchev–Trinajstić information content (AvgIpc) is 2.71. The van der Waals surface area contributed by atoms with Gasteiger partial charge in [0.2, 0.25) is 10.0 Å². The molecule has 0 unspecified atom stereocenters. The third-order valence-corrected chi connectivity index (χ3v) is 5.74. The van der Waals surface area contributed by atoms with Crippen molar-refractivity contribution in [2.24, 2.45) is 4.99 Å². The molecule has 0 heterocycles. The SMILES string of the molecule is CCNC(=NCc1cccc(S(=O)(=O)NCCOC)c1)NCc1ccccc1C.I. The molecule has 2 aromatic carbocycles. The molecule has 0 saturated carbocycles. The third kappa shape index (κ3) is 8.58. The van der Waals surface area contributed by atoms with Crippen LogP contribution in [0.1, 0.15) is 23.6 Å². The predicted molar refractivity (Wildman–Crippen MR) is 132 cm³/mol. The van der Waals surface area contributed by atoms with Crippen molar-refractivity contribution in [1.29, 1.82) is 0 Å². The number of ether oxygens (including phenoxy) is 1. The van der Waals surface area contributed by atoms with Crippen LogP contribution >= 0.6 is 24.0 Å². The monoisotopic (exact) mass is 546 g/mol. The Hall–Kier alpha value is -1.69. The minimum atomic E-state index is -3.56. The summed E-state index contributed by atoms with van der Waals surface area (Å²) in [5, 5.41) is 6.54. The van der Waals surface area contributed by atoms with E-state index in [9.17, 15) is 8.42 Å². The zero-order chi connectivity index (χ0) is 21.1. The van der Waals surface area contributed by atoms with Gasteiger partial charge >= 0.3 is 0 Å². The number of benzene rings is 2. The van der Waals surface area contributed by atoms with E-state index in [2.05, 4.69) is 39.4 Å². The van der Waals surface area contributed by atoms with E-state index < -0.39 is 10.0 Å². The van der Waals surface area contributed by atoms with Crippen molar-refractivity contribution in [3.8, 4) is 0 Å². The number of aliphatic imine (C=N–C) groups is 1. The van der Waals surface area contributed by atoms with Gasteiger partial charge in [-0.3, -0.25) is 0 Å². The molecule has 3 N–H and O–H groups in total. The molecular weight excluding hydrogens is 515 g/mol. The van der Waals surface area contributed by atoms with Gasteiger partial charge in [-0.25, -0.2) is 18.1 Å². The standard InChI is InChI=1S/C21H30N4O3S.HI/c1-4-22-21(24-16-19-10-6-5-8-17(19)2)23-15-18-9-7-11-20(14-18)29(26,27)25-12-13-28-3;/h5-11,14,25H,4,12-13,15-16H2,1-3H3,(H2,22,23,24);1H. The minimum absolute atomic E-state index is 0. The molecule has 0 saturated heterocycles. The van der Waals surface area contributed by atoms with E-state index in [4.69, 9.17) is 4.74 Å². The Morgan fingerprint density at radius 3 is 2.57 bits per heavy atom. The molecule has 0 aromatic heterocycles. The first-order valence-corrected chi connectivity index (χ1v) is 11.1. The lowest BCUT2D eigenvalue weighted by atomic mass is 10.1. The maximum Gasteiger partial charge on any atom is 0.240 e. The predicted octanol–water partition coefficient (Wildman–Crippen LogP) is 2.79. The Kier molecular flexibility index (Phi) is 11.9. The van der Waals surface area contributed by atoms with Gasteiger partial charge in [-0.2, -0.15) is 0 Å². The maximum absolute atomic E-state index is 12.4. The third-order valence-electron chi connectivity index (χ3n) is 4.28. The van der Waals surface area contributed by atoms with Crippen LogP contribution < -0.4 is 15.4 Å². The number of sulfonamides is 1. The number of aryl methyl sites for hydroxylation is 1. The molecule has 0 radical (unpaired) electrons. The van der Waals surface area contributed by atoms with E-state index in [1.807, 2.05) is 25.1 Å². The molecule has 0 aliphatic heterocycles. The van der Waals surface area contributed by atoms with Gasteiger partial charge in [0.25, 0.3) is 0 Å². The summed E-state index contributed by atoms with van der Waals surface area (Å²) in [5.74, 6) is 0.683. The number of nitrogens with one attached hydrogen (secondary N) is 3. The second-order valence-corrected chi connectivity index (χ2v) is 8.28. The summed E-state index contributed by atoms with van der Waals surface area (Å²) >= 11 is 0. The van der Waals surface area contributed by atoms with Crippen LogP contribution in [0, 0.1) is 6.92 Å². The van der Waals surface area contributed by atoms with Gasteiger partial charge in [0.05, 0.1) is 18.0 Å². The summed E-state index contributed by atoms with van der Waals surface area (Å²) < 4.78 is 32.1. The van der Waals surface area contributed by atoms with Gasteiger partial charge in [-0.05, 0) is 42.7 Å². The Balaban J connectivity index is 0.00000450.